The number of nitrogens with one attached hydrogen (secondary N) is 3. The van der Waals surface area contributed by atoms with E-state index >= 15 is 0 Å². The molecule has 0 radical (unpaired) electrons. The highest BCUT2D eigenvalue weighted by atomic mass is 16.4. The average molecular weight is 740 g/mol. The fourth-order valence-corrected chi connectivity index (χ4v) is 6.29. The third-order valence-electron chi connectivity index (χ3n) is 9.59. The molecule has 1 fully saturated rings. The Hall–Kier alpha value is -4.27. The summed E-state index contributed by atoms with van der Waals surface area (Å²) in [4.78, 5) is 60.9. The Balaban J connectivity index is 1.88. The van der Waals surface area contributed by atoms with Crippen molar-refractivity contribution in [2.45, 2.75) is 112 Å². The second kappa shape index (κ2) is 19.2. The van der Waals surface area contributed by atoms with E-state index < -0.39 is 47.6 Å². The second-order valence-corrected chi connectivity index (χ2v) is 16.4. The number of aliphatic hydroxyl groups is 2. The molecule has 6 N–H and O–H groups in total. The van der Waals surface area contributed by atoms with Crippen LogP contribution in [0, 0.1) is 16.7 Å². The number of hydrogen-bond acceptors (Lipinski definition) is 8. The first kappa shape index (κ1) is 43.1. The van der Waals surface area contributed by atoms with Gasteiger partial charge in [-0.1, -0.05) is 98.2 Å². The summed E-state index contributed by atoms with van der Waals surface area (Å²) in [5.41, 5.74) is 4.02. The highest BCUT2D eigenvalue weighted by Gasteiger charge is 2.41. The Bertz CT molecular complexity index is 1510. The van der Waals surface area contributed by atoms with Crippen molar-refractivity contribution in [3.05, 3.63) is 65.5 Å². The first-order chi connectivity index (χ1) is 24.8. The van der Waals surface area contributed by atoms with Gasteiger partial charge in [0.05, 0.1) is 36.7 Å². The Morgan fingerprint density at radius 3 is 2.19 bits per heavy atom. The van der Waals surface area contributed by atoms with Gasteiger partial charge < -0.3 is 35.8 Å². The minimum Gasteiger partial charge on any atom is -0.465 e. The number of aromatic nitrogens is 1. The van der Waals surface area contributed by atoms with Gasteiger partial charge in [0.25, 0.3) is 5.91 Å². The van der Waals surface area contributed by atoms with Crippen LogP contribution in [0.2, 0.25) is 0 Å². The third kappa shape index (κ3) is 13.3. The van der Waals surface area contributed by atoms with Crippen molar-refractivity contribution in [3.63, 3.8) is 0 Å². The van der Waals surface area contributed by atoms with Crippen LogP contribution in [-0.4, -0.2) is 109 Å². The lowest BCUT2D eigenvalue weighted by atomic mass is 9.86. The number of carbonyl (C=O) groups excluding carboxylic acids is 3. The molecule has 14 nitrogen and oxygen atoms in total. The molecule has 1 aliphatic heterocycles. The standard InChI is InChI=1S/C39H61N7O7/c1-9-26(2)32(46-21-20-44(37(46)53)23-28-16-13-17-29(25-47)40-28)34(49)41-30(22-27-14-11-10-12-15-27)31(48)24-45(19-18-38(3,4)5)43-35(50)33(39(6,7)8)42-36(51)52/h10-17,26,30-33,42,47-48H,9,18-25H2,1-8H3,(H,41,49)(H,43,50)(H,51,52)/t26-,30-,31-,32-,33+/m0/s1. The Morgan fingerprint density at radius 2 is 1.60 bits per heavy atom. The maximum absolute atomic E-state index is 14.3. The quantitative estimate of drug-likeness (QED) is 0.124. The van der Waals surface area contributed by atoms with E-state index in [1.165, 1.54) is 0 Å². The first-order valence-electron chi connectivity index (χ1n) is 18.5. The predicted octanol–water partition coefficient (Wildman–Crippen LogP) is 3.77. The average Bonchev–Trinajstić information content (AvgIpc) is 3.43. The molecule has 0 bridgehead atoms. The van der Waals surface area contributed by atoms with Crippen molar-refractivity contribution in [2.75, 3.05) is 26.2 Å². The molecule has 5 amide bonds. The van der Waals surface area contributed by atoms with Crippen molar-refractivity contribution in [1.29, 1.82) is 0 Å². The van der Waals surface area contributed by atoms with E-state index in [1.807, 2.05) is 44.2 Å². The van der Waals surface area contributed by atoms with Crippen LogP contribution in [0.25, 0.3) is 0 Å². The normalized spacial score (nSPS) is 16.5. The second-order valence-electron chi connectivity index (χ2n) is 16.4. The molecular weight excluding hydrogens is 678 g/mol. The van der Waals surface area contributed by atoms with E-state index in [0.29, 0.717) is 43.9 Å². The van der Waals surface area contributed by atoms with Gasteiger partial charge in [0.1, 0.15) is 12.1 Å². The van der Waals surface area contributed by atoms with Gasteiger partial charge >= 0.3 is 12.1 Å². The zero-order chi connectivity index (χ0) is 39.5. The molecule has 0 aliphatic carbocycles. The number of pyridine rings is 1. The Labute approximate surface area is 314 Å². The summed E-state index contributed by atoms with van der Waals surface area (Å²) in [7, 11) is 0. The summed E-state index contributed by atoms with van der Waals surface area (Å²) < 4.78 is 0. The van der Waals surface area contributed by atoms with Crippen LogP contribution in [0.3, 0.4) is 0 Å². The van der Waals surface area contributed by atoms with Crippen molar-refractivity contribution in [2.24, 2.45) is 16.7 Å². The number of carboxylic acid groups (broad SMARTS) is 1. The van der Waals surface area contributed by atoms with Gasteiger partial charge in [0.2, 0.25) is 5.91 Å². The molecule has 5 atom stereocenters. The molecule has 14 heteroatoms. The molecule has 2 aromatic rings. The van der Waals surface area contributed by atoms with Gasteiger partial charge in [-0.05, 0) is 47.3 Å². The maximum Gasteiger partial charge on any atom is 0.405 e. The van der Waals surface area contributed by atoms with Gasteiger partial charge in [-0.2, -0.15) is 0 Å². The minimum absolute atomic E-state index is 0.0616. The van der Waals surface area contributed by atoms with Crippen LogP contribution in [0.1, 0.15) is 85.2 Å². The number of rotatable bonds is 18. The number of nitrogens with zero attached hydrogens (tertiary/aromatic N) is 4. The molecule has 1 saturated heterocycles. The van der Waals surface area contributed by atoms with E-state index in [0.717, 1.165) is 5.56 Å². The number of carbonyl (C=O) groups is 4. The van der Waals surface area contributed by atoms with Crippen molar-refractivity contribution >= 4 is 23.9 Å². The molecule has 1 aromatic carbocycles. The maximum atomic E-state index is 14.3. The summed E-state index contributed by atoms with van der Waals surface area (Å²) in [6.45, 7) is 16.4. The number of benzene rings is 1. The van der Waals surface area contributed by atoms with Crippen molar-refractivity contribution in [3.8, 4) is 0 Å². The highest BCUT2D eigenvalue weighted by molar-refractivity contribution is 5.88. The Kier molecular flexibility index (Phi) is 15.6. The first-order valence-corrected chi connectivity index (χ1v) is 18.5. The summed E-state index contributed by atoms with van der Waals surface area (Å²) in [5.74, 6) is -1.15. The fraction of sp³-hybridized carbons (Fsp3) is 0.615. The van der Waals surface area contributed by atoms with Gasteiger partial charge in [-0.15, -0.1) is 0 Å². The number of urea groups is 1. The minimum atomic E-state index is -1.32. The lowest BCUT2D eigenvalue weighted by Gasteiger charge is -2.36. The van der Waals surface area contributed by atoms with E-state index in [-0.39, 0.29) is 43.5 Å². The lowest BCUT2D eigenvalue weighted by molar-refractivity contribution is -0.132. The third-order valence-corrected chi connectivity index (χ3v) is 9.59. The fourth-order valence-electron chi connectivity index (χ4n) is 6.29. The monoisotopic (exact) mass is 739 g/mol. The molecular formula is C39H61N7O7. The molecule has 0 saturated carbocycles. The van der Waals surface area contributed by atoms with Gasteiger partial charge in [-0.25, -0.2) is 14.6 Å². The summed E-state index contributed by atoms with van der Waals surface area (Å²) in [6.07, 6.45) is -0.950. The van der Waals surface area contributed by atoms with Crippen LogP contribution in [0.15, 0.2) is 48.5 Å². The zero-order valence-corrected chi connectivity index (χ0v) is 32.6. The molecule has 1 aliphatic rings. The van der Waals surface area contributed by atoms with Gasteiger partial charge in [0.15, 0.2) is 0 Å². The molecule has 1 aromatic heterocycles. The van der Waals surface area contributed by atoms with E-state index in [9.17, 15) is 34.5 Å². The molecule has 294 valence electrons. The SMILES string of the molecule is CC[C@H](C)[C@@H](C(=O)N[C@@H](Cc1ccccc1)[C@@H](O)CN(CCC(C)(C)C)NC(=O)[C@@H](NC(=O)O)C(C)(C)C)N1CCN(Cc2cccc(CO)n2)C1=O. The van der Waals surface area contributed by atoms with E-state index in [4.69, 9.17) is 0 Å². The molecule has 2 heterocycles. The van der Waals surface area contributed by atoms with Gasteiger partial charge in [-0.3, -0.25) is 20.0 Å². The van der Waals surface area contributed by atoms with Gasteiger partial charge in [0, 0.05) is 26.2 Å². The summed E-state index contributed by atoms with van der Waals surface area (Å²) in [6, 6.07) is 11.8. The number of amides is 5. The Morgan fingerprint density at radius 1 is 0.943 bits per heavy atom. The van der Waals surface area contributed by atoms with E-state index in [2.05, 4.69) is 41.8 Å². The van der Waals surface area contributed by atoms with Crippen LogP contribution in [0.5, 0.6) is 0 Å². The van der Waals surface area contributed by atoms with Crippen LogP contribution in [0.4, 0.5) is 9.59 Å². The van der Waals surface area contributed by atoms with Crippen LogP contribution < -0.4 is 16.1 Å². The van der Waals surface area contributed by atoms with Crippen molar-refractivity contribution < 1.29 is 34.5 Å². The topological polar surface area (TPSA) is 188 Å². The number of hydrogen-bond donors (Lipinski definition) is 6. The molecule has 53 heavy (non-hydrogen) atoms. The number of hydrazine groups is 1. The summed E-state index contributed by atoms with van der Waals surface area (Å²) >= 11 is 0. The van der Waals surface area contributed by atoms with Crippen molar-refractivity contribution in [1.82, 2.24) is 35.9 Å². The summed E-state index contributed by atoms with van der Waals surface area (Å²) in [5, 5.41) is 37.9. The molecule has 0 spiro atoms. The smallest absolute Gasteiger partial charge is 0.405 e. The zero-order valence-electron chi connectivity index (χ0n) is 32.6. The lowest BCUT2D eigenvalue weighted by Crippen LogP contribution is -2.60. The largest absolute Gasteiger partial charge is 0.465 e. The number of aliphatic hydroxyl groups excluding tert-OH is 2. The van der Waals surface area contributed by atoms with Crippen LogP contribution in [-0.2, 0) is 29.2 Å². The molecule has 0 unspecified atom stereocenters. The van der Waals surface area contributed by atoms with E-state index in [1.54, 1.807) is 53.8 Å². The van der Waals surface area contributed by atoms with Crippen LogP contribution >= 0.6 is 0 Å². The highest BCUT2D eigenvalue weighted by Crippen LogP contribution is 2.24. The molecule has 3 rings (SSSR count). The predicted molar refractivity (Wildman–Crippen MR) is 202 cm³/mol.